The third-order valence-electron chi connectivity index (χ3n) is 12.5. The summed E-state index contributed by atoms with van der Waals surface area (Å²) < 4.78 is 20.4. The van der Waals surface area contributed by atoms with Crippen molar-refractivity contribution in [1.29, 1.82) is 0 Å². The third kappa shape index (κ3) is 14.3. The van der Waals surface area contributed by atoms with Crippen LogP contribution in [0, 0.1) is 17.8 Å². The second-order valence-corrected chi connectivity index (χ2v) is 19.7. The Labute approximate surface area is 377 Å². The number of benzene rings is 1. The number of aliphatic hydroxyl groups is 2. The summed E-state index contributed by atoms with van der Waals surface area (Å²) in [7, 11) is 0. The van der Waals surface area contributed by atoms with Gasteiger partial charge in [-0.3, -0.25) is 4.98 Å². The Morgan fingerprint density at radius 1 is 0.968 bits per heavy atom. The highest BCUT2D eigenvalue weighted by Crippen LogP contribution is 2.62. The van der Waals surface area contributed by atoms with Gasteiger partial charge in [0.15, 0.2) is 0 Å². The quantitative estimate of drug-likeness (QED) is 0.0434. The van der Waals surface area contributed by atoms with Gasteiger partial charge in [0, 0.05) is 50.1 Å². The van der Waals surface area contributed by atoms with Crippen molar-refractivity contribution in [3.05, 3.63) is 78.2 Å². The number of oxime groups is 1. The number of fused-ring (bicyclic) bond motifs is 2. The number of nitrogens with zero attached hydrogens (tertiary/aromatic N) is 2. The molecule has 62 heavy (non-hydrogen) atoms. The first kappa shape index (κ1) is 49.6. The molecule has 2 aromatic rings. The molecule has 1 fully saturated rings. The second-order valence-electron chi connectivity index (χ2n) is 18.4. The van der Waals surface area contributed by atoms with Gasteiger partial charge in [-0.15, -0.1) is 6.58 Å². The van der Waals surface area contributed by atoms with Crippen LogP contribution in [0.2, 0.25) is 0 Å². The zero-order valence-electron chi connectivity index (χ0n) is 38.3. The summed E-state index contributed by atoms with van der Waals surface area (Å²) in [6.45, 7) is 13.5. The van der Waals surface area contributed by atoms with E-state index < -0.39 is 17.5 Å². The number of hydrogen-bond donors (Lipinski definition) is 3. The van der Waals surface area contributed by atoms with Gasteiger partial charge >= 0.3 is 6.09 Å². The van der Waals surface area contributed by atoms with E-state index in [0.717, 1.165) is 79.7 Å². The molecular formula is C51H77N3O7S. The average Bonchev–Trinajstić information content (AvgIpc) is 3.26. The van der Waals surface area contributed by atoms with Gasteiger partial charge in [-0.25, -0.2) is 4.79 Å². The molecule has 11 heteroatoms. The van der Waals surface area contributed by atoms with Crippen molar-refractivity contribution in [2.45, 2.75) is 166 Å². The van der Waals surface area contributed by atoms with Crippen LogP contribution in [0.3, 0.4) is 0 Å². The highest BCUT2D eigenvalue weighted by atomic mass is 32.2. The number of allylic oxidation sites excluding steroid dienone is 1. The lowest BCUT2D eigenvalue weighted by Crippen LogP contribution is -2.64. The molecule has 2 aliphatic carbocycles. The van der Waals surface area contributed by atoms with E-state index in [1.165, 1.54) is 56.9 Å². The maximum Gasteiger partial charge on any atom is 0.412 e. The number of aliphatic hydroxyl groups excluding tert-OH is 2. The highest BCUT2D eigenvalue weighted by Gasteiger charge is 2.64. The molecule has 1 aliphatic heterocycles. The fraction of sp³-hybridized carbons (Fsp3) is 0.667. The van der Waals surface area contributed by atoms with Crippen molar-refractivity contribution < 1.29 is 34.1 Å². The maximum atomic E-state index is 13.2. The third-order valence-corrected chi connectivity index (χ3v) is 13.9. The van der Waals surface area contributed by atoms with Crippen LogP contribution in [0.4, 0.5) is 4.79 Å². The van der Waals surface area contributed by atoms with Crippen LogP contribution in [0.5, 0.6) is 11.5 Å². The number of hydrogen-bond acceptors (Lipinski definition) is 10. The molecule has 3 aliphatic rings. The van der Waals surface area contributed by atoms with Gasteiger partial charge in [-0.1, -0.05) is 94.9 Å². The highest BCUT2D eigenvalue weighted by molar-refractivity contribution is 8.00. The van der Waals surface area contributed by atoms with Crippen LogP contribution < -0.4 is 14.8 Å². The first-order valence-corrected chi connectivity index (χ1v) is 24.9. The van der Waals surface area contributed by atoms with Crippen LogP contribution in [-0.4, -0.2) is 75.8 Å². The van der Waals surface area contributed by atoms with E-state index >= 15 is 0 Å². The smallest absolute Gasteiger partial charge is 0.412 e. The fourth-order valence-corrected chi connectivity index (χ4v) is 11.0. The van der Waals surface area contributed by atoms with E-state index in [2.05, 4.69) is 42.0 Å². The minimum atomic E-state index is -1.07. The van der Waals surface area contributed by atoms with E-state index in [4.69, 9.17) is 24.2 Å². The molecule has 5 rings (SSSR count). The Hall–Kier alpha value is -3.38. The zero-order chi connectivity index (χ0) is 44.2. The van der Waals surface area contributed by atoms with E-state index in [9.17, 15) is 15.0 Å². The molecule has 6 atom stereocenters. The molecule has 6 unspecified atom stereocenters. The van der Waals surface area contributed by atoms with Crippen molar-refractivity contribution in [3.63, 3.8) is 0 Å². The average molecular weight is 876 g/mol. The summed E-state index contributed by atoms with van der Waals surface area (Å²) in [5.41, 5.74) is 3.69. The number of amides is 1. The summed E-state index contributed by atoms with van der Waals surface area (Å²) in [5.74, 6) is 0.903. The summed E-state index contributed by atoms with van der Waals surface area (Å²) in [5, 5.41) is 27.6. The fourth-order valence-electron chi connectivity index (χ4n) is 9.55. The van der Waals surface area contributed by atoms with E-state index in [1.807, 2.05) is 63.1 Å². The molecule has 0 spiro atoms. The summed E-state index contributed by atoms with van der Waals surface area (Å²) >= 11 is 1.84. The first-order valence-electron chi connectivity index (χ1n) is 23.9. The van der Waals surface area contributed by atoms with Gasteiger partial charge in [-0.05, 0) is 118 Å². The van der Waals surface area contributed by atoms with Gasteiger partial charge in [0.1, 0.15) is 17.1 Å². The Kier molecular flexibility index (Phi) is 20.7. The number of pyridine rings is 1. The van der Waals surface area contributed by atoms with Gasteiger partial charge in [0.05, 0.1) is 23.5 Å². The molecule has 344 valence electrons. The Balaban J connectivity index is 1.48. The number of aryl methyl sites for hydroxylation is 1. The van der Waals surface area contributed by atoms with Crippen LogP contribution in [0.15, 0.2) is 72.2 Å². The number of carbonyl (C=O) groups excluding carboxylic acids is 1. The Morgan fingerprint density at radius 3 is 2.34 bits per heavy atom. The minimum Gasteiger partial charge on any atom is -0.460 e. The molecule has 0 radical (unpaired) electrons. The monoisotopic (exact) mass is 876 g/mol. The zero-order valence-corrected chi connectivity index (χ0v) is 39.1. The first-order chi connectivity index (χ1) is 30.1. The molecule has 0 bridgehead atoms. The molecule has 3 N–H and O–H groups in total. The number of aromatic nitrogens is 1. The summed E-state index contributed by atoms with van der Waals surface area (Å²) in [4.78, 5) is 23.7. The van der Waals surface area contributed by atoms with Gasteiger partial charge in [0.2, 0.25) is 5.79 Å². The van der Waals surface area contributed by atoms with E-state index in [0.29, 0.717) is 31.7 Å². The molecular weight excluding hydrogens is 799 g/mol. The normalized spacial score (nSPS) is 23.5. The molecule has 2 heterocycles. The van der Waals surface area contributed by atoms with Crippen LogP contribution >= 0.6 is 11.8 Å². The van der Waals surface area contributed by atoms with Crippen molar-refractivity contribution in [2.75, 3.05) is 32.1 Å². The molecule has 1 saturated carbocycles. The lowest BCUT2D eigenvalue weighted by atomic mass is 9.56. The van der Waals surface area contributed by atoms with Crippen molar-refractivity contribution in [3.8, 4) is 11.5 Å². The number of nitrogens with one attached hydrogen (secondary N) is 1. The molecule has 10 nitrogen and oxygen atoms in total. The van der Waals surface area contributed by atoms with Crippen LogP contribution in [0.1, 0.15) is 154 Å². The van der Waals surface area contributed by atoms with Gasteiger partial charge < -0.3 is 34.6 Å². The maximum absolute atomic E-state index is 13.2. The predicted molar refractivity (Wildman–Crippen MR) is 252 cm³/mol. The Bertz CT molecular complexity index is 1710. The van der Waals surface area contributed by atoms with Crippen molar-refractivity contribution >= 4 is 23.6 Å². The van der Waals surface area contributed by atoms with Crippen LogP contribution in [-0.2, 0) is 16.0 Å². The molecule has 1 aromatic carbocycles. The van der Waals surface area contributed by atoms with Crippen LogP contribution in [0.25, 0.3) is 0 Å². The summed E-state index contributed by atoms with van der Waals surface area (Å²) in [6.07, 6.45) is 26.1. The predicted octanol–water partition coefficient (Wildman–Crippen LogP) is 11.5. The lowest BCUT2D eigenvalue weighted by molar-refractivity contribution is -0.223. The number of carbonyl (C=O) groups is 1. The second kappa shape index (κ2) is 25.8. The molecule has 1 amide bonds. The molecule has 1 aromatic heterocycles. The van der Waals surface area contributed by atoms with E-state index in [1.54, 1.807) is 6.08 Å². The molecule has 0 saturated heterocycles. The minimum absolute atomic E-state index is 0.0944. The standard InChI is InChI=1S/C51H77N3O7S/c1-6-8-9-10-11-12-13-14-15-18-28-53-49(57)59-40-23-24-45-43(36-40)47-41(22-17-20-32-56)39(21-16-19-31-55)35-42-44(54-61-50(3,4)5)37-46(51(60-45,48(42)47)58-33-7-2)62-34-27-38-25-29-52-30-26-38/h7,23-26,29-30,35-36,39,41,46-48,55-56H,2,6,8-22,27-28,31-34,37H2,1,3-5H3,(H,53,57). The van der Waals surface area contributed by atoms with E-state index in [-0.39, 0.29) is 42.1 Å². The van der Waals surface area contributed by atoms with Crippen molar-refractivity contribution in [1.82, 2.24) is 10.3 Å². The lowest BCUT2D eigenvalue weighted by Gasteiger charge is -2.58. The van der Waals surface area contributed by atoms with Gasteiger partial charge in [0.25, 0.3) is 0 Å². The van der Waals surface area contributed by atoms with Gasteiger partial charge in [-0.2, -0.15) is 11.8 Å². The summed E-state index contributed by atoms with van der Waals surface area (Å²) in [6, 6.07) is 9.91. The Morgan fingerprint density at radius 2 is 1.66 bits per heavy atom. The number of rotatable bonds is 28. The topological polar surface area (TPSA) is 132 Å². The number of unbranched alkanes of at least 4 members (excludes halogenated alkanes) is 11. The SMILES string of the molecule is C=CCOC12Oc3ccc(OC(=O)NCCCCCCCCCCCC)cc3C3C(CCCCO)C(CCCCO)C=C(C(=NOC(C)(C)C)CC1SCCc1ccncc1)C32. The van der Waals surface area contributed by atoms with Crippen molar-refractivity contribution in [2.24, 2.45) is 22.9 Å². The number of ether oxygens (including phenoxy) is 3. The largest absolute Gasteiger partial charge is 0.460 e. The number of thioether (sulfide) groups is 1.